The summed E-state index contributed by atoms with van der Waals surface area (Å²) < 4.78 is 17.6. The van der Waals surface area contributed by atoms with E-state index in [-0.39, 0.29) is 5.95 Å². The maximum Gasteiger partial charge on any atom is 0.257 e. The molecular formula is C21H21N7O3. The summed E-state index contributed by atoms with van der Waals surface area (Å²) in [7, 11) is 4.64. The van der Waals surface area contributed by atoms with Crippen LogP contribution in [0.4, 0.5) is 17.5 Å². The molecule has 0 atom stereocenters. The first-order chi connectivity index (χ1) is 15.1. The predicted molar refractivity (Wildman–Crippen MR) is 116 cm³/mol. The molecule has 0 aliphatic carbocycles. The van der Waals surface area contributed by atoms with Gasteiger partial charge >= 0.3 is 0 Å². The third-order valence-corrected chi connectivity index (χ3v) is 4.48. The monoisotopic (exact) mass is 419 g/mol. The summed E-state index contributed by atoms with van der Waals surface area (Å²) in [6.45, 7) is 0. The molecule has 0 saturated heterocycles. The van der Waals surface area contributed by atoms with Crippen LogP contribution in [0.15, 0.2) is 54.9 Å². The van der Waals surface area contributed by atoms with E-state index in [0.717, 1.165) is 11.3 Å². The summed E-state index contributed by atoms with van der Waals surface area (Å²) in [5.74, 6) is 2.48. The fourth-order valence-electron chi connectivity index (χ4n) is 3.04. The molecule has 0 aliphatic heterocycles. The normalized spacial score (nSPS) is 10.5. The Balaban J connectivity index is 1.65. The highest BCUT2D eigenvalue weighted by Gasteiger charge is 2.15. The molecule has 2 heterocycles. The number of ether oxygens (including phenoxy) is 3. The molecule has 2 aromatic heterocycles. The second kappa shape index (κ2) is 8.57. The molecule has 0 saturated carbocycles. The number of nitrogen functional groups attached to an aromatic ring is 1. The molecule has 4 aromatic rings. The van der Waals surface area contributed by atoms with E-state index in [0.29, 0.717) is 34.7 Å². The number of anilines is 3. The third-order valence-electron chi connectivity index (χ3n) is 4.48. The van der Waals surface area contributed by atoms with Gasteiger partial charge in [-0.15, -0.1) is 0 Å². The molecule has 0 unspecified atom stereocenters. The van der Waals surface area contributed by atoms with Crippen molar-refractivity contribution in [2.45, 2.75) is 0 Å². The van der Waals surface area contributed by atoms with Crippen LogP contribution in [0.25, 0.3) is 17.2 Å². The van der Waals surface area contributed by atoms with Crippen molar-refractivity contribution in [2.24, 2.45) is 0 Å². The smallest absolute Gasteiger partial charge is 0.257 e. The van der Waals surface area contributed by atoms with Crippen molar-refractivity contribution in [1.29, 1.82) is 0 Å². The molecule has 10 nitrogen and oxygen atoms in total. The van der Waals surface area contributed by atoms with Gasteiger partial charge in [-0.3, -0.25) is 0 Å². The summed E-state index contributed by atoms with van der Waals surface area (Å²) in [5.41, 5.74) is 8.46. The average Bonchev–Trinajstić information content (AvgIpc) is 3.20. The first-order valence-corrected chi connectivity index (χ1v) is 9.30. The van der Waals surface area contributed by atoms with E-state index in [9.17, 15) is 0 Å². The Labute approximate surface area is 178 Å². The molecule has 158 valence electrons. The van der Waals surface area contributed by atoms with Gasteiger partial charge < -0.3 is 25.3 Å². The molecule has 0 spiro atoms. The Bertz CT molecular complexity index is 1170. The predicted octanol–water partition coefficient (Wildman–Crippen LogP) is 3.08. The molecule has 3 N–H and O–H groups in total. The second-order valence-corrected chi connectivity index (χ2v) is 6.38. The standard InChI is InChI=1S/C21H21N7O3/c1-29-16-9-14(10-17(30-2)19(16)31-3)25-20-23-12-24-21(26-20)28-18(22)11-15(27-28)13-7-5-4-6-8-13/h4-12H,22H2,1-3H3,(H,23,24,25,26). The van der Waals surface area contributed by atoms with Gasteiger partial charge in [0.2, 0.25) is 11.7 Å². The lowest BCUT2D eigenvalue weighted by molar-refractivity contribution is 0.324. The van der Waals surface area contributed by atoms with Crippen LogP contribution in [0.1, 0.15) is 0 Å². The zero-order valence-electron chi connectivity index (χ0n) is 17.2. The van der Waals surface area contributed by atoms with Crippen molar-refractivity contribution in [3.63, 3.8) is 0 Å². The van der Waals surface area contributed by atoms with Gasteiger partial charge in [0.15, 0.2) is 11.5 Å². The van der Waals surface area contributed by atoms with E-state index < -0.39 is 0 Å². The van der Waals surface area contributed by atoms with Gasteiger partial charge in [-0.2, -0.15) is 19.7 Å². The van der Waals surface area contributed by atoms with Crippen LogP contribution in [0.5, 0.6) is 17.2 Å². The molecule has 10 heteroatoms. The van der Waals surface area contributed by atoms with Gasteiger partial charge in [0, 0.05) is 29.4 Å². The molecule has 0 radical (unpaired) electrons. The molecule has 0 fully saturated rings. The summed E-state index contributed by atoms with van der Waals surface area (Å²) >= 11 is 0. The second-order valence-electron chi connectivity index (χ2n) is 6.38. The van der Waals surface area contributed by atoms with Gasteiger partial charge in [0.1, 0.15) is 12.1 Å². The largest absolute Gasteiger partial charge is 0.493 e. The van der Waals surface area contributed by atoms with E-state index in [1.165, 1.54) is 11.0 Å². The lowest BCUT2D eigenvalue weighted by atomic mass is 10.2. The van der Waals surface area contributed by atoms with Crippen LogP contribution in [0.3, 0.4) is 0 Å². The number of rotatable bonds is 7. The van der Waals surface area contributed by atoms with Gasteiger partial charge in [-0.1, -0.05) is 30.3 Å². The maximum absolute atomic E-state index is 6.15. The summed E-state index contributed by atoms with van der Waals surface area (Å²) in [4.78, 5) is 12.8. The SMILES string of the molecule is COc1cc(Nc2ncnc(-n3nc(-c4ccccc4)cc3N)n2)cc(OC)c1OC. The van der Waals surface area contributed by atoms with Crippen LogP contribution in [0, 0.1) is 0 Å². The number of aromatic nitrogens is 5. The molecule has 31 heavy (non-hydrogen) atoms. The van der Waals surface area contributed by atoms with Gasteiger partial charge in [-0.05, 0) is 0 Å². The highest BCUT2D eigenvalue weighted by molar-refractivity contribution is 5.66. The third kappa shape index (κ3) is 4.04. The molecule has 4 rings (SSSR count). The van der Waals surface area contributed by atoms with Crippen LogP contribution in [-0.2, 0) is 0 Å². The van der Waals surface area contributed by atoms with Crippen molar-refractivity contribution in [3.05, 3.63) is 54.9 Å². The van der Waals surface area contributed by atoms with Gasteiger partial charge in [0.25, 0.3) is 5.95 Å². The molecule has 0 aliphatic rings. The topological polar surface area (TPSA) is 122 Å². The first-order valence-electron chi connectivity index (χ1n) is 9.30. The number of nitrogens with zero attached hydrogens (tertiary/aromatic N) is 5. The van der Waals surface area contributed by atoms with Crippen molar-refractivity contribution in [3.8, 4) is 34.5 Å². The van der Waals surface area contributed by atoms with Crippen molar-refractivity contribution in [1.82, 2.24) is 24.7 Å². The Hall–Kier alpha value is -4.34. The van der Waals surface area contributed by atoms with Crippen LogP contribution < -0.4 is 25.3 Å². The van der Waals surface area contributed by atoms with Crippen LogP contribution in [0.2, 0.25) is 0 Å². The van der Waals surface area contributed by atoms with E-state index in [4.69, 9.17) is 19.9 Å². The minimum Gasteiger partial charge on any atom is -0.493 e. The van der Waals surface area contributed by atoms with Crippen molar-refractivity contribution in [2.75, 3.05) is 32.4 Å². The maximum atomic E-state index is 6.15. The number of nitrogens with one attached hydrogen (secondary N) is 1. The van der Waals surface area contributed by atoms with E-state index >= 15 is 0 Å². The van der Waals surface area contributed by atoms with E-state index in [2.05, 4.69) is 25.4 Å². The average molecular weight is 419 g/mol. The minimum absolute atomic E-state index is 0.282. The number of hydrogen-bond acceptors (Lipinski definition) is 9. The molecule has 0 amide bonds. The van der Waals surface area contributed by atoms with Crippen LogP contribution in [-0.4, -0.2) is 46.1 Å². The minimum atomic E-state index is 0.282. The van der Waals surface area contributed by atoms with Gasteiger partial charge in [-0.25, -0.2) is 4.98 Å². The van der Waals surface area contributed by atoms with Crippen molar-refractivity contribution < 1.29 is 14.2 Å². The summed E-state index contributed by atoms with van der Waals surface area (Å²) in [6, 6.07) is 15.0. The lowest BCUT2D eigenvalue weighted by Gasteiger charge is -2.14. The van der Waals surface area contributed by atoms with Crippen molar-refractivity contribution >= 4 is 17.5 Å². The summed E-state index contributed by atoms with van der Waals surface area (Å²) in [5, 5.41) is 7.64. The van der Waals surface area contributed by atoms with Gasteiger partial charge in [0.05, 0.1) is 27.0 Å². The lowest BCUT2D eigenvalue weighted by Crippen LogP contribution is -2.09. The van der Waals surface area contributed by atoms with Crippen LogP contribution >= 0.6 is 0 Å². The Morgan fingerprint density at radius 3 is 2.26 bits per heavy atom. The highest BCUT2D eigenvalue weighted by atomic mass is 16.5. The van der Waals surface area contributed by atoms with E-state index in [1.54, 1.807) is 39.5 Å². The molecule has 0 bridgehead atoms. The Morgan fingerprint density at radius 2 is 1.61 bits per heavy atom. The van der Waals surface area contributed by atoms with E-state index in [1.807, 2.05) is 30.3 Å². The fraction of sp³-hybridized carbons (Fsp3) is 0.143. The first kappa shape index (κ1) is 20.0. The fourth-order valence-corrected chi connectivity index (χ4v) is 3.04. The molecule has 2 aromatic carbocycles. The number of nitrogens with two attached hydrogens (primary N) is 1. The Kier molecular flexibility index (Phi) is 5.52. The zero-order valence-corrected chi connectivity index (χ0v) is 17.2. The number of hydrogen-bond donors (Lipinski definition) is 2. The summed E-state index contributed by atoms with van der Waals surface area (Å²) in [6.07, 6.45) is 1.38. The number of methoxy groups -OCH3 is 3. The quantitative estimate of drug-likeness (QED) is 0.465. The zero-order chi connectivity index (χ0) is 21.8. The number of benzene rings is 2. The highest BCUT2D eigenvalue weighted by Crippen LogP contribution is 2.40. The Morgan fingerprint density at radius 1 is 0.903 bits per heavy atom. The molecular weight excluding hydrogens is 398 g/mol.